The molecule has 1 atom stereocenters. The predicted molar refractivity (Wildman–Crippen MR) is 77.0 cm³/mol. The highest BCUT2D eigenvalue weighted by Gasteiger charge is 2.14. The largest absolute Gasteiger partial charge is 0.512 e. The highest BCUT2D eigenvalue weighted by Crippen LogP contribution is 2.33. The smallest absolute Gasteiger partial charge is 0.147 e. The molecule has 0 radical (unpaired) electrons. The molecule has 4 nitrogen and oxygen atoms in total. The third-order valence-electron chi connectivity index (χ3n) is 2.66. The van der Waals surface area contributed by atoms with Crippen molar-refractivity contribution in [1.29, 1.82) is 0 Å². The van der Waals surface area contributed by atoms with E-state index in [-0.39, 0.29) is 6.04 Å². The number of fused-ring (bicyclic) bond motifs is 1. The molecule has 92 valence electrons. The SMILES string of the molecule is OC1=CC=CC(Nc2ncnc3cc(Br)sc23)C1. The summed E-state index contributed by atoms with van der Waals surface area (Å²) in [4.78, 5) is 8.49. The zero-order chi connectivity index (χ0) is 12.5. The molecular weight excluding hydrogens is 314 g/mol. The van der Waals surface area contributed by atoms with Crippen LogP contribution in [0.4, 0.5) is 5.82 Å². The summed E-state index contributed by atoms with van der Waals surface area (Å²) in [7, 11) is 0. The van der Waals surface area contributed by atoms with E-state index in [9.17, 15) is 5.11 Å². The Morgan fingerprint density at radius 1 is 1.44 bits per heavy atom. The topological polar surface area (TPSA) is 58.0 Å². The Labute approximate surface area is 116 Å². The van der Waals surface area contributed by atoms with Crippen LogP contribution in [-0.2, 0) is 0 Å². The van der Waals surface area contributed by atoms with Gasteiger partial charge in [0.25, 0.3) is 0 Å². The summed E-state index contributed by atoms with van der Waals surface area (Å²) in [6.45, 7) is 0. The lowest BCUT2D eigenvalue weighted by molar-refractivity contribution is 0.382. The van der Waals surface area contributed by atoms with Crippen molar-refractivity contribution in [3.05, 3.63) is 40.2 Å². The first kappa shape index (κ1) is 11.7. The molecule has 0 aromatic carbocycles. The quantitative estimate of drug-likeness (QED) is 0.885. The van der Waals surface area contributed by atoms with Crippen LogP contribution < -0.4 is 5.32 Å². The van der Waals surface area contributed by atoms with E-state index in [0.717, 1.165) is 19.8 Å². The summed E-state index contributed by atoms with van der Waals surface area (Å²) in [5, 5.41) is 12.8. The Bertz CT molecular complexity index is 650. The Morgan fingerprint density at radius 3 is 3.17 bits per heavy atom. The first-order valence-electron chi connectivity index (χ1n) is 5.45. The van der Waals surface area contributed by atoms with Gasteiger partial charge in [0.05, 0.1) is 25.8 Å². The van der Waals surface area contributed by atoms with E-state index in [1.807, 2.05) is 18.2 Å². The van der Waals surface area contributed by atoms with E-state index in [1.54, 1.807) is 23.7 Å². The fourth-order valence-corrected chi connectivity index (χ4v) is 3.36. The zero-order valence-electron chi connectivity index (χ0n) is 9.30. The van der Waals surface area contributed by atoms with Gasteiger partial charge in [-0.05, 0) is 28.1 Å². The number of aromatic nitrogens is 2. The number of allylic oxidation sites excluding steroid dienone is 2. The Kier molecular flexibility index (Phi) is 3.05. The molecule has 6 heteroatoms. The normalized spacial score (nSPS) is 18.9. The summed E-state index contributed by atoms with van der Waals surface area (Å²) in [6.07, 6.45) is 7.69. The molecule has 0 spiro atoms. The second kappa shape index (κ2) is 4.70. The molecule has 2 aromatic rings. The Morgan fingerprint density at radius 2 is 2.33 bits per heavy atom. The molecule has 0 aliphatic heterocycles. The number of hydrogen-bond acceptors (Lipinski definition) is 5. The van der Waals surface area contributed by atoms with E-state index in [0.29, 0.717) is 12.2 Å². The maximum atomic E-state index is 9.51. The molecule has 2 aromatic heterocycles. The van der Waals surface area contributed by atoms with E-state index in [1.165, 1.54) is 0 Å². The van der Waals surface area contributed by atoms with Crippen LogP contribution in [0, 0.1) is 0 Å². The third kappa shape index (κ3) is 2.26. The number of nitrogens with zero attached hydrogens (tertiary/aromatic N) is 2. The lowest BCUT2D eigenvalue weighted by Gasteiger charge is -2.17. The van der Waals surface area contributed by atoms with Gasteiger partial charge in [0.1, 0.15) is 12.1 Å². The number of thiophene rings is 1. The van der Waals surface area contributed by atoms with Gasteiger partial charge in [-0.25, -0.2) is 9.97 Å². The van der Waals surface area contributed by atoms with Gasteiger partial charge in [0.2, 0.25) is 0 Å². The number of anilines is 1. The number of hydrogen-bond donors (Lipinski definition) is 2. The molecule has 1 aliphatic carbocycles. The molecule has 0 fully saturated rings. The molecule has 1 aliphatic rings. The van der Waals surface area contributed by atoms with Crippen molar-refractivity contribution in [1.82, 2.24) is 9.97 Å². The van der Waals surface area contributed by atoms with Crippen molar-refractivity contribution in [2.45, 2.75) is 12.5 Å². The molecule has 0 bridgehead atoms. The highest BCUT2D eigenvalue weighted by atomic mass is 79.9. The van der Waals surface area contributed by atoms with Gasteiger partial charge in [-0.1, -0.05) is 12.2 Å². The number of halogens is 1. The van der Waals surface area contributed by atoms with Crippen molar-refractivity contribution < 1.29 is 5.11 Å². The van der Waals surface area contributed by atoms with Crippen LogP contribution in [0.2, 0.25) is 0 Å². The van der Waals surface area contributed by atoms with Crippen LogP contribution in [0.5, 0.6) is 0 Å². The minimum Gasteiger partial charge on any atom is -0.512 e. The number of aliphatic hydroxyl groups excluding tert-OH is 1. The molecule has 0 saturated carbocycles. The van der Waals surface area contributed by atoms with E-state index in [2.05, 4.69) is 31.2 Å². The second-order valence-corrected chi connectivity index (χ2v) is 6.42. The van der Waals surface area contributed by atoms with Gasteiger partial charge < -0.3 is 10.4 Å². The zero-order valence-corrected chi connectivity index (χ0v) is 11.7. The molecule has 1 unspecified atom stereocenters. The van der Waals surface area contributed by atoms with Crippen LogP contribution in [-0.4, -0.2) is 21.1 Å². The molecule has 0 amide bonds. The molecular formula is C12H10BrN3OS. The summed E-state index contributed by atoms with van der Waals surface area (Å²) < 4.78 is 2.05. The van der Waals surface area contributed by atoms with Crippen molar-refractivity contribution in [2.24, 2.45) is 0 Å². The standard InChI is InChI=1S/C12H10BrN3OS/c13-10-5-9-11(18-10)12(15-6-14-9)16-7-2-1-3-8(17)4-7/h1-3,5-7,17H,4H2,(H,14,15,16). The molecule has 3 rings (SSSR count). The maximum Gasteiger partial charge on any atom is 0.147 e. The van der Waals surface area contributed by atoms with Gasteiger partial charge in [0.15, 0.2) is 0 Å². The summed E-state index contributed by atoms with van der Waals surface area (Å²) >= 11 is 5.05. The van der Waals surface area contributed by atoms with Gasteiger partial charge >= 0.3 is 0 Å². The lowest BCUT2D eigenvalue weighted by Crippen LogP contribution is -2.20. The molecule has 2 heterocycles. The van der Waals surface area contributed by atoms with Crippen LogP contribution in [0.25, 0.3) is 10.2 Å². The van der Waals surface area contributed by atoms with Crippen molar-refractivity contribution in [3.8, 4) is 0 Å². The van der Waals surface area contributed by atoms with Crippen LogP contribution in [0.3, 0.4) is 0 Å². The molecule has 2 N–H and O–H groups in total. The van der Waals surface area contributed by atoms with E-state index < -0.39 is 0 Å². The molecule has 0 saturated heterocycles. The van der Waals surface area contributed by atoms with Gasteiger partial charge in [0, 0.05) is 6.42 Å². The maximum absolute atomic E-state index is 9.51. The van der Waals surface area contributed by atoms with Crippen molar-refractivity contribution in [2.75, 3.05) is 5.32 Å². The fourth-order valence-electron chi connectivity index (χ4n) is 1.86. The number of aliphatic hydroxyl groups is 1. The first-order valence-corrected chi connectivity index (χ1v) is 7.06. The summed E-state index contributed by atoms with van der Waals surface area (Å²) in [6, 6.07) is 2.04. The average molecular weight is 324 g/mol. The monoisotopic (exact) mass is 323 g/mol. The van der Waals surface area contributed by atoms with Gasteiger partial charge in [-0.15, -0.1) is 11.3 Å². The molecule has 18 heavy (non-hydrogen) atoms. The van der Waals surface area contributed by atoms with Crippen LogP contribution in [0.15, 0.2) is 40.2 Å². The minimum absolute atomic E-state index is 0.0639. The van der Waals surface area contributed by atoms with Crippen molar-refractivity contribution in [3.63, 3.8) is 0 Å². The first-order chi connectivity index (χ1) is 8.72. The predicted octanol–water partition coefficient (Wildman–Crippen LogP) is 3.64. The third-order valence-corrected chi connectivity index (χ3v) is 4.30. The summed E-state index contributed by atoms with van der Waals surface area (Å²) in [5.41, 5.74) is 0.920. The number of nitrogens with one attached hydrogen (secondary N) is 1. The van der Waals surface area contributed by atoms with Gasteiger partial charge in [-0.2, -0.15) is 0 Å². The fraction of sp³-hybridized carbons (Fsp3) is 0.167. The second-order valence-electron chi connectivity index (χ2n) is 3.99. The Hall–Kier alpha value is -1.40. The van der Waals surface area contributed by atoms with E-state index >= 15 is 0 Å². The summed E-state index contributed by atoms with van der Waals surface area (Å²) in [5.74, 6) is 1.19. The Balaban J connectivity index is 1.91. The minimum atomic E-state index is 0.0639. The van der Waals surface area contributed by atoms with Crippen molar-refractivity contribution >= 4 is 43.3 Å². The number of rotatable bonds is 2. The highest BCUT2D eigenvalue weighted by molar-refractivity contribution is 9.11. The lowest BCUT2D eigenvalue weighted by atomic mass is 10.1. The van der Waals surface area contributed by atoms with E-state index in [4.69, 9.17) is 0 Å². The van der Waals surface area contributed by atoms with Crippen LogP contribution >= 0.6 is 27.3 Å². The van der Waals surface area contributed by atoms with Crippen LogP contribution in [0.1, 0.15) is 6.42 Å². The van der Waals surface area contributed by atoms with Gasteiger partial charge in [-0.3, -0.25) is 0 Å². The average Bonchev–Trinajstić information content (AvgIpc) is 2.71.